The van der Waals surface area contributed by atoms with Crippen LogP contribution in [0.15, 0.2) is 28.4 Å². The highest BCUT2D eigenvalue weighted by molar-refractivity contribution is 7.10. The molecule has 0 saturated heterocycles. The molecule has 0 saturated carbocycles. The third-order valence-corrected chi connectivity index (χ3v) is 4.35. The lowest BCUT2D eigenvalue weighted by molar-refractivity contribution is 0.551. The molecule has 0 aromatic carbocycles. The van der Waals surface area contributed by atoms with Gasteiger partial charge in [0.25, 0.3) is 0 Å². The Balaban J connectivity index is 1.98. The standard InChI is InChI=1S/C14H17N5OS/c1-8(2)13(10-5-4-6-21-10)16-11-7-12-17-18-14(20)19(12)9(3)15-11/h4-8,13,16H,1-3H3,(H,18,20). The van der Waals surface area contributed by atoms with Crippen LogP contribution in [0.1, 0.15) is 30.6 Å². The molecule has 3 rings (SSSR count). The molecule has 0 spiro atoms. The van der Waals surface area contributed by atoms with E-state index in [1.807, 2.05) is 6.07 Å². The van der Waals surface area contributed by atoms with Crippen LogP contribution in [-0.2, 0) is 0 Å². The number of anilines is 1. The van der Waals surface area contributed by atoms with Gasteiger partial charge in [-0.2, -0.15) is 5.10 Å². The van der Waals surface area contributed by atoms with Crippen molar-refractivity contribution < 1.29 is 0 Å². The van der Waals surface area contributed by atoms with E-state index in [0.29, 0.717) is 17.4 Å². The van der Waals surface area contributed by atoms with Gasteiger partial charge in [0.2, 0.25) is 0 Å². The molecule has 0 aliphatic rings. The van der Waals surface area contributed by atoms with E-state index in [1.54, 1.807) is 24.3 Å². The van der Waals surface area contributed by atoms with Crippen molar-refractivity contribution in [1.82, 2.24) is 19.6 Å². The zero-order valence-electron chi connectivity index (χ0n) is 12.1. The normalized spacial score (nSPS) is 13.0. The number of fused-ring (bicyclic) bond motifs is 1. The molecule has 3 aromatic rings. The van der Waals surface area contributed by atoms with Gasteiger partial charge in [-0.15, -0.1) is 11.3 Å². The minimum atomic E-state index is -0.264. The molecular formula is C14H17N5OS. The zero-order chi connectivity index (χ0) is 15.0. The van der Waals surface area contributed by atoms with Gasteiger partial charge in [-0.25, -0.2) is 19.3 Å². The van der Waals surface area contributed by atoms with Crippen LogP contribution in [0, 0.1) is 12.8 Å². The number of H-pyrrole nitrogens is 1. The van der Waals surface area contributed by atoms with Gasteiger partial charge in [0, 0.05) is 10.9 Å². The smallest absolute Gasteiger partial charge is 0.349 e. The number of hydrogen-bond acceptors (Lipinski definition) is 5. The maximum absolute atomic E-state index is 11.6. The molecule has 1 atom stereocenters. The highest BCUT2D eigenvalue weighted by Crippen LogP contribution is 2.29. The lowest BCUT2D eigenvalue weighted by atomic mass is 10.0. The molecule has 3 aromatic heterocycles. The number of rotatable bonds is 4. The molecule has 0 radical (unpaired) electrons. The van der Waals surface area contributed by atoms with E-state index in [1.165, 1.54) is 9.28 Å². The largest absolute Gasteiger partial charge is 0.362 e. The number of aromatic nitrogens is 4. The van der Waals surface area contributed by atoms with E-state index in [2.05, 4.69) is 45.8 Å². The fraction of sp³-hybridized carbons (Fsp3) is 0.357. The summed E-state index contributed by atoms with van der Waals surface area (Å²) in [6.45, 7) is 6.13. The van der Waals surface area contributed by atoms with E-state index in [0.717, 1.165) is 5.82 Å². The summed E-state index contributed by atoms with van der Waals surface area (Å²) in [6, 6.07) is 6.14. The van der Waals surface area contributed by atoms with Crippen LogP contribution in [0.25, 0.3) is 5.65 Å². The molecule has 1 unspecified atom stereocenters. The number of thiophene rings is 1. The van der Waals surface area contributed by atoms with Crippen LogP contribution in [-0.4, -0.2) is 19.6 Å². The Labute approximate surface area is 125 Å². The van der Waals surface area contributed by atoms with Crippen molar-refractivity contribution in [3.05, 3.63) is 44.8 Å². The van der Waals surface area contributed by atoms with E-state index in [4.69, 9.17) is 0 Å². The second-order valence-electron chi connectivity index (χ2n) is 5.29. The first-order valence-electron chi connectivity index (χ1n) is 6.81. The molecule has 7 heteroatoms. The van der Waals surface area contributed by atoms with Gasteiger partial charge < -0.3 is 5.32 Å². The molecule has 3 heterocycles. The van der Waals surface area contributed by atoms with Gasteiger partial charge in [0.1, 0.15) is 11.6 Å². The summed E-state index contributed by atoms with van der Waals surface area (Å²) in [5.41, 5.74) is 0.309. The van der Waals surface area contributed by atoms with Crippen molar-refractivity contribution in [1.29, 1.82) is 0 Å². The number of aryl methyl sites for hydroxylation is 1. The number of hydrogen-bond donors (Lipinski definition) is 2. The second kappa shape index (κ2) is 5.33. The van der Waals surface area contributed by atoms with Crippen molar-refractivity contribution >= 4 is 22.8 Å². The van der Waals surface area contributed by atoms with Gasteiger partial charge in [-0.3, -0.25) is 0 Å². The van der Waals surface area contributed by atoms with Crippen LogP contribution >= 0.6 is 11.3 Å². The molecule has 0 aliphatic carbocycles. The van der Waals surface area contributed by atoms with E-state index in [-0.39, 0.29) is 11.7 Å². The summed E-state index contributed by atoms with van der Waals surface area (Å²) in [7, 11) is 0. The summed E-state index contributed by atoms with van der Waals surface area (Å²) in [6.07, 6.45) is 0. The molecule has 110 valence electrons. The van der Waals surface area contributed by atoms with Gasteiger partial charge >= 0.3 is 5.69 Å². The maximum Gasteiger partial charge on any atom is 0.349 e. The molecule has 0 bridgehead atoms. The quantitative estimate of drug-likeness (QED) is 0.777. The van der Waals surface area contributed by atoms with Gasteiger partial charge in [0.15, 0.2) is 5.65 Å². The minimum Gasteiger partial charge on any atom is -0.362 e. The van der Waals surface area contributed by atoms with Crippen molar-refractivity contribution in [2.45, 2.75) is 26.8 Å². The fourth-order valence-corrected chi connectivity index (χ4v) is 3.31. The Morgan fingerprint density at radius 1 is 1.43 bits per heavy atom. The summed E-state index contributed by atoms with van der Waals surface area (Å²) in [5, 5.41) is 12.0. The first kappa shape index (κ1) is 13.8. The highest BCUT2D eigenvalue weighted by atomic mass is 32.1. The van der Waals surface area contributed by atoms with Crippen LogP contribution in [0.3, 0.4) is 0 Å². The van der Waals surface area contributed by atoms with Crippen molar-refractivity contribution in [3.8, 4) is 0 Å². The second-order valence-corrected chi connectivity index (χ2v) is 6.27. The van der Waals surface area contributed by atoms with Gasteiger partial charge in [-0.05, 0) is 24.3 Å². The lowest BCUT2D eigenvalue weighted by Gasteiger charge is -2.22. The SMILES string of the molecule is Cc1nc(NC(c2cccs2)C(C)C)cc2n[nH]c(=O)n12. The first-order chi connectivity index (χ1) is 10.1. The minimum absolute atomic E-state index is 0.185. The van der Waals surface area contributed by atoms with E-state index < -0.39 is 0 Å². The fourth-order valence-electron chi connectivity index (χ4n) is 2.37. The number of nitrogens with zero attached hydrogens (tertiary/aromatic N) is 3. The van der Waals surface area contributed by atoms with Crippen LogP contribution < -0.4 is 11.0 Å². The molecule has 6 nitrogen and oxygen atoms in total. The molecular weight excluding hydrogens is 286 g/mol. The van der Waals surface area contributed by atoms with Crippen LogP contribution in [0.5, 0.6) is 0 Å². The van der Waals surface area contributed by atoms with E-state index in [9.17, 15) is 4.79 Å². The Hall–Kier alpha value is -2.15. The van der Waals surface area contributed by atoms with Crippen LogP contribution in [0.4, 0.5) is 5.82 Å². The molecule has 2 N–H and O–H groups in total. The van der Waals surface area contributed by atoms with Crippen LogP contribution in [0.2, 0.25) is 0 Å². The zero-order valence-corrected chi connectivity index (χ0v) is 12.9. The summed E-state index contributed by atoms with van der Waals surface area (Å²) < 4.78 is 1.46. The summed E-state index contributed by atoms with van der Waals surface area (Å²) in [5.74, 6) is 1.76. The van der Waals surface area contributed by atoms with Gasteiger partial charge in [-0.1, -0.05) is 19.9 Å². The molecule has 0 aliphatic heterocycles. The predicted octanol–water partition coefficient (Wildman–Crippen LogP) is 2.60. The molecule has 21 heavy (non-hydrogen) atoms. The Kier molecular flexibility index (Phi) is 3.50. The lowest BCUT2D eigenvalue weighted by Crippen LogP contribution is -2.18. The Morgan fingerprint density at radius 2 is 2.24 bits per heavy atom. The summed E-state index contributed by atoms with van der Waals surface area (Å²) >= 11 is 1.72. The third kappa shape index (κ3) is 2.56. The monoisotopic (exact) mass is 303 g/mol. The molecule has 0 amide bonds. The first-order valence-corrected chi connectivity index (χ1v) is 7.69. The number of nitrogens with one attached hydrogen (secondary N) is 2. The third-order valence-electron chi connectivity index (χ3n) is 3.39. The average molecular weight is 303 g/mol. The average Bonchev–Trinajstić information content (AvgIpc) is 3.06. The number of aromatic amines is 1. The Bertz CT molecular complexity index is 802. The predicted molar refractivity (Wildman–Crippen MR) is 83.9 cm³/mol. The van der Waals surface area contributed by atoms with Gasteiger partial charge in [0.05, 0.1) is 6.04 Å². The Morgan fingerprint density at radius 3 is 2.90 bits per heavy atom. The maximum atomic E-state index is 11.6. The highest BCUT2D eigenvalue weighted by Gasteiger charge is 2.18. The molecule has 0 fully saturated rings. The van der Waals surface area contributed by atoms with Crippen molar-refractivity contribution in [2.24, 2.45) is 5.92 Å². The topological polar surface area (TPSA) is 75.1 Å². The van der Waals surface area contributed by atoms with Crippen molar-refractivity contribution in [3.63, 3.8) is 0 Å². The van der Waals surface area contributed by atoms with Crippen molar-refractivity contribution in [2.75, 3.05) is 5.32 Å². The van der Waals surface area contributed by atoms with E-state index >= 15 is 0 Å². The summed E-state index contributed by atoms with van der Waals surface area (Å²) in [4.78, 5) is 17.3.